The number of aromatic carboxylic acids is 1. The number of benzene rings is 2. The van der Waals surface area contributed by atoms with Gasteiger partial charge in [-0.15, -0.1) is 0 Å². The van der Waals surface area contributed by atoms with Crippen LogP contribution in [0.2, 0.25) is 0 Å². The monoisotopic (exact) mass is 532 g/mol. The molecule has 0 aliphatic heterocycles. The number of ether oxygens (including phenoxy) is 2. The number of hydrogen-bond donors (Lipinski definition) is 1. The fourth-order valence-electron chi connectivity index (χ4n) is 2.92. The lowest BCUT2D eigenvalue weighted by molar-refractivity contribution is 0.0456. The number of rotatable bonds is 8. The molecule has 0 aliphatic rings. The summed E-state index contributed by atoms with van der Waals surface area (Å²) in [4.78, 5) is 52.7. The first-order valence-corrected chi connectivity index (χ1v) is 11.5. The maximum Gasteiger partial charge on any atom is 0.357 e. The van der Waals surface area contributed by atoms with Gasteiger partial charge in [0.2, 0.25) is 0 Å². The normalized spacial score (nSPS) is 9.92. The minimum atomic E-state index is -1.18. The lowest BCUT2D eigenvalue weighted by Crippen LogP contribution is -2.10. The molecule has 2 aromatic heterocycles. The van der Waals surface area contributed by atoms with Crippen molar-refractivity contribution in [3.63, 3.8) is 0 Å². The van der Waals surface area contributed by atoms with E-state index in [4.69, 9.17) is 26.2 Å². The highest BCUT2D eigenvalue weighted by Crippen LogP contribution is 2.08. The quantitative estimate of drug-likeness (QED) is 0.247. The van der Waals surface area contributed by atoms with Crippen molar-refractivity contribution >= 4 is 34.8 Å². The van der Waals surface area contributed by atoms with Crippen LogP contribution in [0.25, 0.3) is 0 Å². The number of pyridine rings is 2. The molecule has 0 saturated heterocycles. The Morgan fingerprint density at radius 2 is 0.974 bits per heavy atom. The molecule has 192 valence electrons. The third-order valence-corrected chi connectivity index (χ3v) is 4.96. The first kappa shape index (κ1) is 27.7. The van der Waals surface area contributed by atoms with Crippen LogP contribution in [0.4, 0.5) is 0 Å². The van der Waals surface area contributed by atoms with Gasteiger partial charge in [0.1, 0.15) is 36.0 Å². The van der Waals surface area contributed by atoms with E-state index in [1.807, 2.05) is 60.7 Å². The number of hydrogen-bond acceptors (Lipinski definition) is 8. The van der Waals surface area contributed by atoms with E-state index in [2.05, 4.69) is 9.97 Å². The molecule has 0 radical (unpaired) electrons. The molecule has 2 aromatic carbocycles. The van der Waals surface area contributed by atoms with Crippen LogP contribution in [0, 0.1) is 0 Å². The second kappa shape index (κ2) is 14.0. The summed E-state index contributed by atoms with van der Waals surface area (Å²) < 4.78 is 10.1. The minimum Gasteiger partial charge on any atom is -0.477 e. The molecule has 9 nitrogen and oxygen atoms in total. The Morgan fingerprint density at radius 1 is 0.579 bits per heavy atom. The Bertz CT molecular complexity index is 1300. The van der Waals surface area contributed by atoms with Gasteiger partial charge in [0, 0.05) is 0 Å². The highest BCUT2D eigenvalue weighted by atomic mass is 35.5. The molecule has 0 spiro atoms. The van der Waals surface area contributed by atoms with Crippen molar-refractivity contribution < 1.29 is 33.8 Å². The number of halogens is 1. The first-order chi connectivity index (χ1) is 18.3. The van der Waals surface area contributed by atoms with E-state index >= 15 is 0 Å². The second-order valence-electron chi connectivity index (χ2n) is 7.52. The Hall–Kier alpha value is -4.89. The van der Waals surface area contributed by atoms with Crippen molar-refractivity contribution in [2.24, 2.45) is 0 Å². The molecule has 1 N–H and O–H groups in total. The van der Waals surface area contributed by atoms with Crippen molar-refractivity contribution in [1.29, 1.82) is 0 Å². The number of carboxylic acids is 1. The van der Waals surface area contributed by atoms with Crippen LogP contribution in [-0.4, -0.2) is 38.2 Å². The lowest BCUT2D eigenvalue weighted by Gasteiger charge is -2.04. The summed E-state index contributed by atoms with van der Waals surface area (Å²) in [6.07, 6.45) is 0. The standard InChI is InChI=1S/C14H10ClNO3.C14H11NO4/c15-13(17)11-7-4-8-12(16-11)14(18)19-9-10-5-2-1-3-6-10;16-13(17)11-7-4-8-12(15-11)14(18)19-9-10-5-2-1-3-6-10/h1-8H,9H2;1-8H,9H2,(H,16,17). The highest BCUT2D eigenvalue weighted by Gasteiger charge is 2.13. The lowest BCUT2D eigenvalue weighted by atomic mass is 10.2. The van der Waals surface area contributed by atoms with Crippen molar-refractivity contribution in [3.05, 3.63) is 131 Å². The molecule has 0 aliphatic carbocycles. The van der Waals surface area contributed by atoms with Gasteiger partial charge in [-0.2, -0.15) is 0 Å². The molecule has 0 bridgehead atoms. The topological polar surface area (TPSA) is 133 Å². The van der Waals surface area contributed by atoms with Gasteiger partial charge in [-0.1, -0.05) is 72.8 Å². The molecule has 10 heteroatoms. The zero-order valence-corrected chi connectivity index (χ0v) is 20.6. The molecule has 4 aromatic rings. The van der Waals surface area contributed by atoms with E-state index in [9.17, 15) is 19.2 Å². The summed E-state index contributed by atoms with van der Waals surface area (Å²) in [5.74, 6) is -2.42. The summed E-state index contributed by atoms with van der Waals surface area (Å²) in [5.41, 5.74) is 1.61. The molecule has 0 atom stereocenters. The van der Waals surface area contributed by atoms with Crippen molar-refractivity contribution in [2.45, 2.75) is 13.2 Å². The van der Waals surface area contributed by atoms with E-state index in [-0.39, 0.29) is 36.0 Å². The average Bonchev–Trinajstić information content (AvgIpc) is 2.96. The molecule has 0 unspecified atom stereocenters. The summed E-state index contributed by atoms with van der Waals surface area (Å²) in [6, 6.07) is 27.1. The third-order valence-electron chi connectivity index (χ3n) is 4.76. The van der Waals surface area contributed by atoms with Crippen molar-refractivity contribution in [2.75, 3.05) is 0 Å². The van der Waals surface area contributed by atoms with Gasteiger partial charge in [-0.3, -0.25) is 4.79 Å². The fourth-order valence-corrected chi connectivity index (χ4v) is 3.02. The zero-order chi connectivity index (χ0) is 27.3. The van der Waals surface area contributed by atoms with E-state index in [1.165, 1.54) is 36.4 Å². The van der Waals surface area contributed by atoms with Crippen LogP contribution in [0.1, 0.15) is 53.1 Å². The largest absolute Gasteiger partial charge is 0.477 e. The van der Waals surface area contributed by atoms with E-state index in [1.54, 1.807) is 0 Å². The molecular weight excluding hydrogens is 512 g/mol. The third kappa shape index (κ3) is 8.65. The molecule has 0 fully saturated rings. The van der Waals surface area contributed by atoms with Gasteiger partial charge >= 0.3 is 17.9 Å². The Labute approximate surface area is 222 Å². The Morgan fingerprint density at radius 3 is 1.39 bits per heavy atom. The Kier molecular flexibility index (Phi) is 10.2. The highest BCUT2D eigenvalue weighted by molar-refractivity contribution is 6.67. The molecule has 38 heavy (non-hydrogen) atoms. The van der Waals surface area contributed by atoms with Crippen molar-refractivity contribution in [1.82, 2.24) is 9.97 Å². The minimum absolute atomic E-state index is 0.0177. The molecular formula is C28H21ClN2O7. The number of nitrogens with zero attached hydrogens (tertiary/aromatic N) is 2. The summed E-state index contributed by atoms with van der Waals surface area (Å²) >= 11 is 5.30. The van der Waals surface area contributed by atoms with Gasteiger partial charge < -0.3 is 14.6 Å². The predicted octanol–water partition coefficient (Wildman–Crippen LogP) is 4.95. The SMILES string of the molecule is O=C(Cl)c1cccc(C(=O)OCc2ccccc2)n1.O=C(O)c1cccc(C(=O)OCc2ccccc2)n1. The van der Waals surface area contributed by atoms with Gasteiger partial charge in [-0.25, -0.2) is 24.4 Å². The van der Waals surface area contributed by atoms with Gasteiger partial charge in [0.15, 0.2) is 0 Å². The summed E-state index contributed by atoms with van der Waals surface area (Å²) in [5, 5.41) is 8.07. The number of esters is 2. The molecule has 4 rings (SSSR count). The molecule has 0 amide bonds. The fraction of sp³-hybridized carbons (Fsp3) is 0.0714. The van der Waals surface area contributed by atoms with Gasteiger partial charge in [0.05, 0.1) is 0 Å². The van der Waals surface area contributed by atoms with E-state index in [0.717, 1.165) is 11.1 Å². The number of carbonyl (C=O) groups is 4. The number of carbonyl (C=O) groups excluding carboxylic acids is 3. The van der Waals surface area contributed by atoms with Crippen LogP contribution in [0.15, 0.2) is 97.1 Å². The van der Waals surface area contributed by atoms with Crippen molar-refractivity contribution in [3.8, 4) is 0 Å². The van der Waals surface area contributed by atoms with Gasteiger partial charge in [-0.05, 0) is 47.0 Å². The number of carboxylic acid groups (broad SMARTS) is 1. The van der Waals surface area contributed by atoms with Crippen LogP contribution < -0.4 is 0 Å². The van der Waals surface area contributed by atoms with Crippen LogP contribution in [0.3, 0.4) is 0 Å². The Balaban J connectivity index is 0.000000211. The second-order valence-corrected chi connectivity index (χ2v) is 7.86. The summed E-state index contributed by atoms with van der Waals surface area (Å²) in [7, 11) is 0. The van der Waals surface area contributed by atoms with E-state index in [0.29, 0.717) is 0 Å². The van der Waals surface area contributed by atoms with Crippen LogP contribution >= 0.6 is 11.6 Å². The maximum atomic E-state index is 11.8. The van der Waals surface area contributed by atoms with Crippen LogP contribution in [-0.2, 0) is 22.7 Å². The van der Waals surface area contributed by atoms with E-state index < -0.39 is 23.2 Å². The maximum absolute atomic E-state index is 11.8. The van der Waals surface area contributed by atoms with Gasteiger partial charge in [0.25, 0.3) is 5.24 Å². The average molecular weight is 533 g/mol. The smallest absolute Gasteiger partial charge is 0.357 e. The van der Waals surface area contributed by atoms with Crippen LogP contribution in [0.5, 0.6) is 0 Å². The summed E-state index contributed by atoms with van der Waals surface area (Å²) in [6.45, 7) is 0.277. The zero-order valence-electron chi connectivity index (χ0n) is 19.8. The number of aromatic nitrogens is 2. The molecule has 2 heterocycles. The first-order valence-electron chi connectivity index (χ1n) is 11.1. The molecule has 0 saturated carbocycles. The predicted molar refractivity (Wildman–Crippen MR) is 137 cm³/mol.